The summed E-state index contributed by atoms with van der Waals surface area (Å²) < 4.78 is 10.7. The predicted octanol–water partition coefficient (Wildman–Crippen LogP) is 5.56. The first-order chi connectivity index (χ1) is 23.9. The molecule has 50 heavy (non-hydrogen) atoms. The number of carbonyl (C=O) groups is 5. The maximum atomic E-state index is 14.1. The van der Waals surface area contributed by atoms with Crippen LogP contribution in [-0.2, 0) is 25.7 Å². The number of anilines is 2. The zero-order valence-electron chi connectivity index (χ0n) is 29.0. The van der Waals surface area contributed by atoms with Crippen molar-refractivity contribution in [2.45, 2.75) is 77.5 Å². The van der Waals surface area contributed by atoms with Gasteiger partial charge in [-0.05, 0) is 81.5 Å². The van der Waals surface area contributed by atoms with Crippen molar-refractivity contribution in [2.75, 3.05) is 24.4 Å². The number of para-hydroxylation sites is 1. The highest BCUT2D eigenvalue weighted by atomic mass is 16.5. The first-order valence-electron chi connectivity index (χ1n) is 16.8. The number of nitrogens with zero attached hydrogens (tertiary/aromatic N) is 3. The predicted molar refractivity (Wildman–Crippen MR) is 186 cm³/mol. The molecule has 2 heterocycles. The Kier molecular flexibility index (Phi) is 11.0. The van der Waals surface area contributed by atoms with Gasteiger partial charge in [-0.25, -0.2) is 14.5 Å². The van der Waals surface area contributed by atoms with E-state index in [9.17, 15) is 24.0 Å². The first-order valence-corrected chi connectivity index (χ1v) is 16.8. The lowest BCUT2D eigenvalue weighted by Gasteiger charge is -2.28. The lowest BCUT2D eigenvalue weighted by molar-refractivity contribution is -0.144. The quantitative estimate of drug-likeness (QED) is 0.147. The van der Waals surface area contributed by atoms with Crippen molar-refractivity contribution >= 4 is 41.2 Å². The molecule has 0 spiro atoms. The minimum atomic E-state index is -1.28. The molecule has 3 aromatic rings. The van der Waals surface area contributed by atoms with Gasteiger partial charge in [-0.2, -0.15) is 0 Å². The Morgan fingerprint density at radius 3 is 2.38 bits per heavy atom. The summed E-state index contributed by atoms with van der Waals surface area (Å²) in [5.41, 5.74) is 1.83. The number of rotatable bonds is 14. The Balaban J connectivity index is 1.34. The number of aryl methyl sites for hydroxylation is 1. The van der Waals surface area contributed by atoms with E-state index in [0.29, 0.717) is 34.8 Å². The lowest BCUT2D eigenvalue weighted by Crippen LogP contribution is -2.52. The second kappa shape index (κ2) is 15.4. The van der Waals surface area contributed by atoms with Crippen molar-refractivity contribution in [1.29, 1.82) is 0 Å². The average molecular weight is 685 g/mol. The monoisotopic (exact) mass is 684 g/mol. The molecule has 13 nitrogen and oxygen atoms in total. The molecule has 5 rings (SSSR count). The third-order valence-corrected chi connectivity index (χ3v) is 9.01. The molecular formula is C37H44N6O7. The van der Waals surface area contributed by atoms with Gasteiger partial charge in [0, 0.05) is 18.4 Å². The minimum Gasteiger partial charge on any atom is -0.495 e. The van der Waals surface area contributed by atoms with Gasteiger partial charge in [0.1, 0.15) is 17.3 Å². The maximum Gasteiger partial charge on any atom is 0.328 e. The van der Waals surface area contributed by atoms with Crippen LogP contribution < -0.4 is 20.7 Å². The largest absolute Gasteiger partial charge is 0.495 e. The van der Waals surface area contributed by atoms with E-state index in [1.165, 1.54) is 12.0 Å². The molecular weight excluding hydrogens is 640 g/mol. The zero-order valence-corrected chi connectivity index (χ0v) is 29.0. The molecule has 2 fully saturated rings. The van der Waals surface area contributed by atoms with Crippen LogP contribution in [0.5, 0.6) is 5.75 Å². The molecule has 3 N–H and O–H groups in total. The number of methoxy groups -OCH3 is 1. The molecule has 6 amide bonds. The maximum absolute atomic E-state index is 14.1. The third-order valence-electron chi connectivity index (χ3n) is 9.01. The summed E-state index contributed by atoms with van der Waals surface area (Å²) in [6.45, 7) is 7.12. The topological polar surface area (TPSA) is 159 Å². The van der Waals surface area contributed by atoms with Crippen molar-refractivity contribution in [3.8, 4) is 5.75 Å². The SMILES string of the molecule is CCOC(=O)CC(NC(=O)C(CC1CC1)N1C(=O)N(Cc2ccc(NC(=O)Nc3ccccc3C)c(OC)c2)C(C)(C)C1=O)c1ccccn1. The van der Waals surface area contributed by atoms with Gasteiger partial charge in [0.25, 0.3) is 5.91 Å². The van der Waals surface area contributed by atoms with E-state index in [0.717, 1.165) is 23.3 Å². The summed E-state index contributed by atoms with van der Waals surface area (Å²) in [5, 5.41) is 8.52. The molecule has 1 aliphatic carbocycles. The van der Waals surface area contributed by atoms with Crippen LogP contribution in [-0.4, -0.2) is 69.9 Å². The molecule has 0 radical (unpaired) electrons. The average Bonchev–Trinajstić information content (AvgIpc) is 3.90. The van der Waals surface area contributed by atoms with Crippen LogP contribution in [0, 0.1) is 12.8 Å². The highest BCUT2D eigenvalue weighted by Gasteiger charge is 2.55. The van der Waals surface area contributed by atoms with Gasteiger partial charge in [0.05, 0.1) is 37.6 Å². The van der Waals surface area contributed by atoms with Crippen LogP contribution in [0.15, 0.2) is 66.9 Å². The smallest absolute Gasteiger partial charge is 0.328 e. The molecule has 1 aliphatic heterocycles. The number of hydrogen-bond donors (Lipinski definition) is 3. The zero-order chi connectivity index (χ0) is 36.0. The van der Waals surface area contributed by atoms with Crippen LogP contribution in [0.4, 0.5) is 21.0 Å². The number of benzene rings is 2. The molecule has 2 aliphatic rings. The summed E-state index contributed by atoms with van der Waals surface area (Å²) in [6, 6.07) is 14.7. The Morgan fingerprint density at radius 1 is 1.00 bits per heavy atom. The fraction of sp³-hybridized carbons (Fsp3) is 0.405. The Bertz CT molecular complexity index is 1740. The van der Waals surface area contributed by atoms with Gasteiger partial charge < -0.3 is 30.3 Å². The number of esters is 1. The lowest BCUT2D eigenvalue weighted by atomic mass is 10.0. The summed E-state index contributed by atoms with van der Waals surface area (Å²) in [4.78, 5) is 74.2. The second-order valence-corrected chi connectivity index (χ2v) is 13.1. The molecule has 2 atom stereocenters. The van der Waals surface area contributed by atoms with Gasteiger partial charge in [-0.1, -0.05) is 43.2 Å². The molecule has 2 aromatic carbocycles. The highest BCUT2D eigenvalue weighted by molar-refractivity contribution is 6.09. The number of hydrogen-bond acceptors (Lipinski definition) is 8. The highest BCUT2D eigenvalue weighted by Crippen LogP contribution is 2.39. The second-order valence-electron chi connectivity index (χ2n) is 13.1. The van der Waals surface area contributed by atoms with Crippen LogP contribution >= 0.6 is 0 Å². The van der Waals surface area contributed by atoms with Crippen molar-refractivity contribution in [1.82, 2.24) is 20.1 Å². The molecule has 0 bridgehead atoms. The Morgan fingerprint density at radius 2 is 1.72 bits per heavy atom. The minimum absolute atomic E-state index is 0.0390. The number of ether oxygens (including phenoxy) is 2. The van der Waals surface area contributed by atoms with Crippen LogP contribution in [0.3, 0.4) is 0 Å². The fourth-order valence-electron chi connectivity index (χ4n) is 5.98. The first kappa shape index (κ1) is 35.8. The Hall–Kier alpha value is -5.46. The van der Waals surface area contributed by atoms with E-state index in [2.05, 4.69) is 20.9 Å². The van der Waals surface area contributed by atoms with Gasteiger partial charge in [-0.3, -0.25) is 19.4 Å². The number of nitrogens with one attached hydrogen (secondary N) is 3. The van der Waals surface area contributed by atoms with Crippen LogP contribution in [0.2, 0.25) is 0 Å². The summed E-state index contributed by atoms with van der Waals surface area (Å²) in [6.07, 6.45) is 3.49. The van der Waals surface area contributed by atoms with Crippen molar-refractivity contribution in [3.05, 3.63) is 83.7 Å². The van der Waals surface area contributed by atoms with Gasteiger partial charge in [0.2, 0.25) is 5.91 Å². The third kappa shape index (κ3) is 8.21. The van der Waals surface area contributed by atoms with E-state index < -0.39 is 47.5 Å². The standard InChI is InChI=1S/C37H44N6O7/c1-6-50-32(44)21-29(27-13-9-10-18-38-27)39-33(45)30(19-24-14-15-24)43-34(46)37(3,4)42(36(43)48)22-25-16-17-28(31(20-25)49-5)41-35(47)40-26-12-8-7-11-23(26)2/h7-13,16-18,20,24,29-30H,6,14-15,19,21-22H2,1-5H3,(H,39,45)(H2,40,41,47). The molecule has 2 unspecified atom stereocenters. The molecule has 13 heteroatoms. The van der Waals surface area contributed by atoms with E-state index in [1.54, 1.807) is 69.4 Å². The van der Waals surface area contributed by atoms with E-state index in [4.69, 9.17) is 9.47 Å². The van der Waals surface area contributed by atoms with Crippen molar-refractivity contribution < 1.29 is 33.4 Å². The normalized spacial score (nSPS) is 16.4. The molecule has 1 aromatic heterocycles. The summed E-state index contributed by atoms with van der Waals surface area (Å²) in [5.74, 6) is -0.998. The van der Waals surface area contributed by atoms with Crippen LogP contribution in [0.25, 0.3) is 0 Å². The number of carbonyl (C=O) groups excluding carboxylic acids is 5. The molecule has 1 saturated heterocycles. The number of pyridine rings is 1. The van der Waals surface area contributed by atoms with Gasteiger partial charge in [-0.15, -0.1) is 0 Å². The fourth-order valence-corrected chi connectivity index (χ4v) is 5.98. The van der Waals surface area contributed by atoms with Gasteiger partial charge in [0.15, 0.2) is 0 Å². The van der Waals surface area contributed by atoms with Crippen molar-refractivity contribution in [2.24, 2.45) is 5.92 Å². The van der Waals surface area contributed by atoms with E-state index in [-0.39, 0.29) is 25.5 Å². The molecule has 1 saturated carbocycles. The Labute approximate surface area is 291 Å². The van der Waals surface area contributed by atoms with Crippen LogP contribution in [0.1, 0.15) is 69.3 Å². The summed E-state index contributed by atoms with van der Waals surface area (Å²) >= 11 is 0. The van der Waals surface area contributed by atoms with E-state index >= 15 is 0 Å². The number of aromatic nitrogens is 1. The number of amides is 6. The molecule has 264 valence electrons. The van der Waals surface area contributed by atoms with Gasteiger partial charge >= 0.3 is 18.0 Å². The van der Waals surface area contributed by atoms with Crippen molar-refractivity contribution in [3.63, 3.8) is 0 Å². The number of imide groups is 1. The summed E-state index contributed by atoms with van der Waals surface area (Å²) in [7, 11) is 1.47. The van der Waals surface area contributed by atoms with E-state index in [1.807, 2.05) is 25.1 Å². The number of urea groups is 2.